The highest BCUT2D eigenvalue weighted by atomic mass is 79.9. The van der Waals surface area contributed by atoms with E-state index in [1.54, 1.807) is 0 Å². The number of benzene rings is 1. The number of hydrogen-bond acceptors (Lipinski definition) is 2. The predicted octanol–water partition coefficient (Wildman–Crippen LogP) is 4.42. The Balaban J connectivity index is 2.49. The molecule has 2 rings (SSSR count). The molecule has 1 aromatic heterocycles. The molecule has 0 saturated carbocycles. The number of ether oxygens (including phenoxy) is 1. The molecule has 2 aromatic rings. The van der Waals surface area contributed by atoms with Gasteiger partial charge in [0.1, 0.15) is 5.75 Å². The Kier molecular flexibility index (Phi) is 4.23. The monoisotopic (exact) mass is 343 g/mol. The number of alkyl halides is 2. The first-order valence-electron chi connectivity index (χ1n) is 5.84. The van der Waals surface area contributed by atoms with E-state index in [-0.39, 0.29) is 5.75 Å². The lowest BCUT2D eigenvalue weighted by atomic mass is 10.1. The van der Waals surface area contributed by atoms with Crippen LogP contribution < -0.4 is 10.3 Å². The van der Waals surface area contributed by atoms with E-state index in [4.69, 9.17) is 4.74 Å². The molecule has 0 aliphatic rings. The molecule has 0 radical (unpaired) electrons. The summed E-state index contributed by atoms with van der Waals surface area (Å²) in [6.07, 6.45) is 1.00. The van der Waals surface area contributed by atoms with Crippen LogP contribution in [-0.2, 0) is 0 Å². The van der Waals surface area contributed by atoms with Crippen molar-refractivity contribution in [3.63, 3.8) is 0 Å². The largest absolute Gasteiger partial charge is 0.454 e. The molecule has 0 aliphatic carbocycles. The second-order valence-corrected chi connectivity index (χ2v) is 5.19. The molecule has 20 heavy (non-hydrogen) atoms. The second kappa shape index (κ2) is 5.75. The average Bonchev–Trinajstić information content (AvgIpc) is 2.35. The predicted molar refractivity (Wildman–Crippen MR) is 75.6 cm³/mol. The van der Waals surface area contributed by atoms with Gasteiger partial charge in [-0.2, -0.15) is 8.78 Å². The van der Waals surface area contributed by atoms with Crippen molar-refractivity contribution < 1.29 is 13.5 Å². The van der Waals surface area contributed by atoms with Gasteiger partial charge in [0.15, 0.2) is 5.75 Å². The highest BCUT2D eigenvalue weighted by Gasteiger charge is 2.14. The highest BCUT2D eigenvalue weighted by Crippen LogP contribution is 2.32. The van der Waals surface area contributed by atoms with Crippen LogP contribution in [0.3, 0.4) is 0 Å². The van der Waals surface area contributed by atoms with Gasteiger partial charge in [-0.15, -0.1) is 0 Å². The van der Waals surface area contributed by atoms with Gasteiger partial charge in [0.2, 0.25) is 0 Å². The number of aromatic nitrogens is 1. The molecule has 1 aromatic carbocycles. The normalized spacial score (nSPS) is 10.9. The zero-order valence-electron chi connectivity index (χ0n) is 10.9. The SMILES string of the molecule is Cc1cccc(C)c1Oc1cn(C(F)F)c(=O)cc1Br. The third-order valence-corrected chi connectivity index (χ3v) is 3.45. The third-order valence-electron chi connectivity index (χ3n) is 2.83. The molecule has 0 N–H and O–H groups in total. The molecule has 0 atom stereocenters. The summed E-state index contributed by atoms with van der Waals surface area (Å²) in [5.41, 5.74) is 0.971. The molecule has 106 valence electrons. The van der Waals surface area contributed by atoms with Gasteiger partial charge < -0.3 is 4.74 Å². The van der Waals surface area contributed by atoms with E-state index in [0.717, 1.165) is 23.4 Å². The lowest BCUT2D eigenvalue weighted by molar-refractivity contribution is 0.0656. The van der Waals surface area contributed by atoms with Crippen molar-refractivity contribution in [3.8, 4) is 11.5 Å². The number of halogens is 3. The Hall–Kier alpha value is -1.69. The fourth-order valence-corrected chi connectivity index (χ4v) is 2.18. The van der Waals surface area contributed by atoms with E-state index in [9.17, 15) is 13.6 Å². The minimum Gasteiger partial charge on any atom is -0.454 e. The summed E-state index contributed by atoms with van der Waals surface area (Å²) in [4.78, 5) is 11.4. The van der Waals surface area contributed by atoms with Gasteiger partial charge in [-0.25, -0.2) is 0 Å². The quantitative estimate of drug-likeness (QED) is 0.826. The Morgan fingerprint density at radius 1 is 1.25 bits per heavy atom. The maximum atomic E-state index is 12.7. The highest BCUT2D eigenvalue weighted by molar-refractivity contribution is 9.10. The average molecular weight is 344 g/mol. The number of para-hydroxylation sites is 1. The molecule has 3 nitrogen and oxygen atoms in total. The number of nitrogens with zero attached hydrogens (tertiary/aromatic N) is 1. The molecule has 0 spiro atoms. The number of rotatable bonds is 3. The molecular formula is C14H12BrF2NO2. The lowest BCUT2D eigenvalue weighted by Gasteiger charge is -2.14. The standard InChI is InChI=1S/C14H12BrF2NO2/c1-8-4-3-5-9(2)13(8)20-11-7-18(14(16)17)12(19)6-10(11)15/h3-7,14H,1-2H3. The maximum absolute atomic E-state index is 12.7. The van der Waals surface area contributed by atoms with E-state index < -0.39 is 12.1 Å². The first-order valence-corrected chi connectivity index (χ1v) is 6.63. The Morgan fingerprint density at radius 3 is 2.40 bits per heavy atom. The van der Waals surface area contributed by atoms with Crippen LogP contribution in [0.15, 0.2) is 39.7 Å². The van der Waals surface area contributed by atoms with E-state index >= 15 is 0 Å². The second-order valence-electron chi connectivity index (χ2n) is 4.33. The van der Waals surface area contributed by atoms with E-state index in [2.05, 4.69) is 15.9 Å². The summed E-state index contributed by atoms with van der Waals surface area (Å²) in [5.74, 6) is 0.759. The van der Waals surface area contributed by atoms with Gasteiger partial charge in [-0.05, 0) is 40.9 Å². The van der Waals surface area contributed by atoms with Crippen LogP contribution in [-0.4, -0.2) is 4.57 Å². The zero-order chi connectivity index (χ0) is 14.9. The molecule has 0 bridgehead atoms. The summed E-state index contributed by atoms with van der Waals surface area (Å²) < 4.78 is 31.8. The lowest BCUT2D eigenvalue weighted by Crippen LogP contribution is -2.19. The Bertz CT molecular complexity index is 678. The van der Waals surface area contributed by atoms with Crippen molar-refractivity contribution in [3.05, 3.63) is 56.4 Å². The topological polar surface area (TPSA) is 31.2 Å². The first kappa shape index (κ1) is 14.7. The molecule has 6 heteroatoms. The van der Waals surface area contributed by atoms with Gasteiger partial charge in [0.05, 0.1) is 10.7 Å². The first-order chi connectivity index (χ1) is 9.40. The number of pyridine rings is 1. The summed E-state index contributed by atoms with van der Waals surface area (Å²) in [5, 5.41) is 0. The number of hydrogen-bond donors (Lipinski definition) is 0. The van der Waals surface area contributed by atoms with Crippen molar-refractivity contribution >= 4 is 15.9 Å². The minimum absolute atomic E-state index is 0.169. The minimum atomic E-state index is -2.91. The molecular weight excluding hydrogens is 332 g/mol. The van der Waals surface area contributed by atoms with Crippen LogP contribution in [0.25, 0.3) is 0 Å². The third kappa shape index (κ3) is 2.90. The molecule has 0 saturated heterocycles. The van der Waals surface area contributed by atoms with Crippen molar-refractivity contribution in [1.82, 2.24) is 4.57 Å². The van der Waals surface area contributed by atoms with Crippen LogP contribution in [0.1, 0.15) is 17.7 Å². The Morgan fingerprint density at radius 2 is 1.85 bits per heavy atom. The van der Waals surface area contributed by atoms with Crippen molar-refractivity contribution in [2.24, 2.45) is 0 Å². The van der Waals surface area contributed by atoms with Crippen LogP contribution >= 0.6 is 15.9 Å². The van der Waals surface area contributed by atoms with Crippen molar-refractivity contribution in [2.75, 3.05) is 0 Å². The van der Waals surface area contributed by atoms with Crippen LogP contribution in [0.5, 0.6) is 11.5 Å². The molecule has 0 unspecified atom stereocenters. The van der Waals surface area contributed by atoms with E-state index in [1.165, 1.54) is 0 Å². The fourth-order valence-electron chi connectivity index (χ4n) is 1.80. The van der Waals surface area contributed by atoms with Crippen LogP contribution in [0.4, 0.5) is 8.78 Å². The van der Waals surface area contributed by atoms with Gasteiger partial charge in [0.25, 0.3) is 5.56 Å². The molecule has 0 fully saturated rings. The van der Waals surface area contributed by atoms with E-state index in [1.807, 2.05) is 32.0 Å². The van der Waals surface area contributed by atoms with Gasteiger partial charge in [-0.3, -0.25) is 9.36 Å². The summed E-state index contributed by atoms with van der Waals surface area (Å²) in [6.45, 7) is 0.814. The summed E-state index contributed by atoms with van der Waals surface area (Å²) in [7, 11) is 0. The summed E-state index contributed by atoms with van der Waals surface area (Å²) >= 11 is 3.15. The van der Waals surface area contributed by atoms with Crippen LogP contribution in [0, 0.1) is 13.8 Å². The maximum Gasteiger partial charge on any atom is 0.321 e. The Labute approximate surface area is 122 Å². The van der Waals surface area contributed by atoms with Gasteiger partial charge in [0, 0.05) is 6.07 Å². The molecule has 1 heterocycles. The zero-order valence-corrected chi connectivity index (χ0v) is 12.4. The van der Waals surface area contributed by atoms with Crippen molar-refractivity contribution in [1.29, 1.82) is 0 Å². The fraction of sp³-hybridized carbons (Fsp3) is 0.214. The van der Waals surface area contributed by atoms with Gasteiger partial charge in [-0.1, -0.05) is 18.2 Å². The molecule has 0 amide bonds. The smallest absolute Gasteiger partial charge is 0.321 e. The summed E-state index contributed by atoms with van der Waals surface area (Å²) in [6, 6.07) is 6.67. The number of aryl methyl sites for hydroxylation is 2. The van der Waals surface area contributed by atoms with Gasteiger partial charge >= 0.3 is 6.55 Å². The van der Waals surface area contributed by atoms with Crippen LogP contribution in [0.2, 0.25) is 0 Å². The van der Waals surface area contributed by atoms with Crippen molar-refractivity contribution in [2.45, 2.75) is 20.4 Å². The molecule has 0 aliphatic heterocycles. The van der Waals surface area contributed by atoms with E-state index in [0.29, 0.717) is 14.8 Å².